The van der Waals surface area contributed by atoms with Crippen molar-refractivity contribution in [2.75, 3.05) is 0 Å². The lowest BCUT2D eigenvalue weighted by atomic mass is 10.2. The Morgan fingerprint density at radius 1 is 1.41 bits per heavy atom. The topological polar surface area (TPSA) is 42.1 Å². The predicted octanol–water partition coefficient (Wildman–Crippen LogP) is 4.15. The van der Waals surface area contributed by atoms with E-state index in [0.29, 0.717) is 10.7 Å². The largest absolute Gasteiger partial charge is 0.458 e. The summed E-state index contributed by atoms with van der Waals surface area (Å²) in [6, 6.07) is 5.38. The number of rotatable bonds is 2. The van der Waals surface area contributed by atoms with Gasteiger partial charge in [-0.05, 0) is 48.0 Å². The molecule has 0 atom stereocenters. The van der Waals surface area contributed by atoms with E-state index in [0.717, 1.165) is 15.4 Å². The van der Waals surface area contributed by atoms with Crippen molar-refractivity contribution >= 4 is 44.4 Å². The number of halogens is 2. The van der Waals surface area contributed by atoms with Gasteiger partial charge in [0.1, 0.15) is 5.69 Å². The zero-order chi connectivity index (χ0) is 12.6. The van der Waals surface area contributed by atoms with Gasteiger partial charge in [0.15, 0.2) is 0 Å². The Morgan fingerprint density at radius 2 is 2.12 bits per heavy atom. The molecule has 0 unspecified atom stereocenters. The third-order valence-electron chi connectivity index (χ3n) is 2.22. The Kier molecular flexibility index (Phi) is 3.45. The minimum Gasteiger partial charge on any atom is -0.458 e. The summed E-state index contributed by atoms with van der Waals surface area (Å²) in [7, 11) is 0. The zero-order valence-corrected chi connectivity index (χ0v) is 11.7. The number of hydrogen-bond donors (Lipinski definition) is 1. The van der Waals surface area contributed by atoms with Gasteiger partial charge < -0.3 is 9.72 Å². The second-order valence-electron chi connectivity index (χ2n) is 3.99. The summed E-state index contributed by atoms with van der Waals surface area (Å²) >= 11 is 9.32. The maximum Gasteiger partial charge on any atom is 0.355 e. The highest BCUT2D eigenvalue weighted by atomic mass is 79.9. The number of esters is 1. The molecule has 17 heavy (non-hydrogen) atoms. The summed E-state index contributed by atoms with van der Waals surface area (Å²) in [4.78, 5) is 14.7. The van der Waals surface area contributed by atoms with Crippen molar-refractivity contribution in [1.82, 2.24) is 4.98 Å². The summed E-state index contributed by atoms with van der Waals surface area (Å²) in [5.41, 5.74) is 1.25. The lowest BCUT2D eigenvalue weighted by molar-refractivity contribution is 0.0372. The highest BCUT2D eigenvalue weighted by Gasteiger charge is 2.13. The molecule has 0 amide bonds. The standard InChI is InChI=1S/C12H11BrClNO2/c1-6(2)17-12(16)11-4-7-3-8(13)9(14)5-10(7)15-11/h3-6,15H,1-2H3. The second-order valence-corrected chi connectivity index (χ2v) is 5.25. The number of ether oxygens (including phenoxy) is 1. The highest BCUT2D eigenvalue weighted by molar-refractivity contribution is 9.10. The van der Waals surface area contributed by atoms with Gasteiger partial charge in [0, 0.05) is 15.4 Å². The van der Waals surface area contributed by atoms with Gasteiger partial charge in [0.05, 0.1) is 11.1 Å². The van der Waals surface area contributed by atoms with Crippen LogP contribution >= 0.6 is 27.5 Å². The lowest BCUT2D eigenvalue weighted by Crippen LogP contribution is -2.11. The molecule has 0 saturated heterocycles. The quantitative estimate of drug-likeness (QED) is 0.846. The molecule has 1 aromatic heterocycles. The molecule has 90 valence electrons. The Labute approximate surface area is 112 Å². The van der Waals surface area contributed by atoms with Gasteiger partial charge in [-0.2, -0.15) is 0 Å². The number of aromatic amines is 1. The van der Waals surface area contributed by atoms with E-state index in [9.17, 15) is 4.79 Å². The molecule has 0 aliphatic heterocycles. The molecule has 0 bridgehead atoms. The summed E-state index contributed by atoms with van der Waals surface area (Å²) in [6.45, 7) is 3.63. The number of benzene rings is 1. The molecule has 0 aliphatic carbocycles. The summed E-state index contributed by atoms with van der Waals surface area (Å²) in [5.74, 6) is -0.358. The Hall–Kier alpha value is -1.00. The molecule has 0 fully saturated rings. The third-order valence-corrected chi connectivity index (χ3v) is 3.42. The van der Waals surface area contributed by atoms with E-state index in [1.54, 1.807) is 12.1 Å². The highest BCUT2D eigenvalue weighted by Crippen LogP contribution is 2.28. The molecule has 0 saturated carbocycles. The molecular weight excluding hydrogens is 305 g/mol. The van der Waals surface area contributed by atoms with Gasteiger partial charge in [0.2, 0.25) is 0 Å². The average molecular weight is 317 g/mol. The van der Waals surface area contributed by atoms with E-state index in [1.165, 1.54) is 0 Å². The molecule has 1 N–H and O–H groups in total. The van der Waals surface area contributed by atoms with Crippen molar-refractivity contribution in [3.8, 4) is 0 Å². The van der Waals surface area contributed by atoms with Crippen LogP contribution in [-0.4, -0.2) is 17.1 Å². The first kappa shape index (κ1) is 12.5. The average Bonchev–Trinajstić information content (AvgIpc) is 2.60. The van der Waals surface area contributed by atoms with Gasteiger partial charge in [-0.25, -0.2) is 4.79 Å². The maximum absolute atomic E-state index is 11.7. The number of carbonyl (C=O) groups excluding carboxylic acids is 1. The summed E-state index contributed by atoms with van der Waals surface area (Å²) in [6.07, 6.45) is -0.135. The van der Waals surface area contributed by atoms with Crippen molar-refractivity contribution in [3.63, 3.8) is 0 Å². The normalized spacial score (nSPS) is 11.1. The van der Waals surface area contributed by atoms with E-state index < -0.39 is 0 Å². The van der Waals surface area contributed by atoms with Gasteiger partial charge in [0.25, 0.3) is 0 Å². The Bertz CT molecular complexity index is 538. The number of nitrogens with one attached hydrogen (secondary N) is 1. The number of H-pyrrole nitrogens is 1. The third kappa shape index (κ3) is 2.64. The van der Waals surface area contributed by atoms with Crippen LogP contribution in [0.1, 0.15) is 24.3 Å². The molecule has 3 nitrogen and oxygen atoms in total. The van der Waals surface area contributed by atoms with Crippen molar-refractivity contribution in [3.05, 3.63) is 33.4 Å². The van der Waals surface area contributed by atoms with Crippen LogP contribution in [-0.2, 0) is 4.74 Å². The number of aromatic nitrogens is 1. The molecular formula is C12H11BrClNO2. The molecule has 2 rings (SSSR count). The van der Waals surface area contributed by atoms with Gasteiger partial charge in [-0.15, -0.1) is 0 Å². The Morgan fingerprint density at radius 3 is 2.76 bits per heavy atom. The fourth-order valence-electron chi connectivity index (χ4n) is 1.51. The van der Waals surface area contributed by atoms with E-state index in [2.05, 4.69) is 20.9 Å². The van der Waals surface area contributed by atoms with Crippen LogP contribution in [0.15, 0.2) is 22.7 Å². The smallest absolute Gasteiger partial charge is 0.355 e. The van der Waals surface area contributed by atoms with Crippen LogP contribution in [0.5, 0.6) is 0 Å². The van der Waals surface area contributed by atoms with E-state index in [-0.39, 0.29) is 12.1 Å². The molecule has 0 radical (unpaired) electrons. The van der Waals surface area contributed by atoms with Crippen molar-refractivity contribution in [2.45, 2.75) is 20.0 Å². The van der Waals surface area contributed by atoms with Crippen LogP contribution in [0.3, 0.4) is 0 Å². The molecule has 1 heterocycles. The molecule has 5 heteroatoms. The fraction of sp³-hybridized carbons (Fsp3) is 0.250. The van der Waals surface area contributed by atoms with Crippen LogP contribution in [0.2, 0.25) is 5.02 Å². The predicted molar refractivity (Wildman–Crippen MR) is 71.6 cm³/mol. The Balaban J connectivity index is 2.41. The summed E-state index contributed by atoms with van der Waals surface area (Å²) in [5, 5.41) is 1.51. The monoisotopic (exact) mass is 315 g/mol. The SMILES string of the molecule is CC(C)OC(=O)c1cc2cc(Br)c(Cl)cc2[nH]1. The fourth-order valence-corrected chi connectivity index (χ4v) is 2.04. The van der Waals surface area contributed by atoms with Gasteiger partial charge in [-0.3, -0.25) is 0 Å². The minimum absolute atomic E-state index is 0.135. The van der Waals surface area contributed by atoms with E-state index in [1.807, 2.05) is 19.9 Å². The minimum atomic E-state index is -0.358. The molecule has 0 spiro atoms. The van der Waals surface area contributed by atoms with Crippen molar-refractivity contribution in [1.29, 1.82) is 0 Å². The van der Waals surface area contributed by atoms with Crippen molar-refractivity contribution < 1.29 is 9.53 Å². The first-order chi connectivity index (χ1) is 7.97. The first-order valence-electron chi connectivity index (χ1n) is 5.16. The van der Waals surface area contributed by atoms with Crippen LogP contribution < -0.4 is 0 Å². The number of hydrogen-bond acceptors (Lipinski definition) is 2. The lowest BCUT2D eigenvalue weighted by Gasteiger charge is -2.05. The zero-order valence-electron chi connectivity index (χ0n) is 9.38. The maximum atomic E-state index is 11.7. The van der Waals surface area contributed by atoms with Crippen LogP contribution in [0.25, 0.3) is 10.9 Å². The molecule has 2 aromatic rings. The van der Waals surface area contributed by atoms with Gasteiger partial charge >= 0.3 is 5.97 Å². The van der Waals surface area contributed by atoms with Crippen LogP contribution in [0, 0.1) is 0 Å². The first-order valence-corrected chi connectivity index (χ1v) is 6.33. The number of carbonyl (C=O) groups is 1. The second kappa shape index (κ2) is 4.70. The van der Waals surface area contributed by atoms with E-state index in [4.69, 9.17) is 16.3 Å². The number of fused-ring (bicyclic) bond motifs is 1. The molecule has 0 aliphatic rings. The van der Waals surface area contributed by atoms with Crippen LogP contribution in [0.4, 0.5) is 0 Å². The van der Waals surface area contributed by atoms with Crippen molar-refractivity contribution in [2.24, 2.45) is 0 Å². The van der Waals surface area contributed by atoms with Gasteiger partial charge in [-0.1, -0.05) is 11.6 Å². The molecule has 1 aromatic carbocycles. The van der Waals surface area contributed by atoms with E-state index >= 15 is 0 Å². The summed E-state index contributed by atoms with van der Waals surface area (Å²) < 4.78 is 5.91.